The Balaban J connectivity index is 2.54. The SMILES string of the molecule is Cc1nc(C(C)(C)c2ccccc2)nc(N)c1C(C)C. The van der Waals surface area contributed by atoms with Gasteiger partial charge in [-0.3, -0.25) is 0 Å². The first-order chi connectivity index (χ1) is 9.34. The highest BCUT2D eigenvalue weighted by atomic mass is 15.0. The molecule has 106 valence electrons. The molecule has 0 unspecified atom stereocenters. The second-order valence-electron chi connectivity index (χ2n) is 6.08. The molecular formula is C17H23N3. The molecule has 0 saturated heterocycles. The maximum absolute atomic E-state index is 6.15. The van der Waals surface area contributed by atoms with Gasteiger partial charge in [-0.25, -0.2) is 9.97 Å². The van der Waals surface area contributed by atoms with Gasteiger partial charge in [-0.15, -0.1) is 0 Å². The highest BCUT2D eigenvalue weighted by Crippen LogP contribution is 2.31. The normalized spacial score (nSPS) is 11.9. The van der Waals surface area contributed by atoms with Crippen LogP contribution in [-0.2, 0) is 5.41 Å². The van der Waals surface area contributed by atoms with Gasteiger partial charge in [0.25, 0.3) is 0 Å². The molecule has 3 heteroatoms. The van der Waals surface area contributed by atoms with Crippen molar-refractivity contribution in [2.45, 2.75) is 46.0 Å². The van der Waals surface area contributed by atoms with Crippen LogP contribution in [0.15, 0.2) is 30.3 Å². The zero-order chi connectivity index (χ0) is 14.9. The fourth-order valence-corrected chi connectivity index (χ4v) is 2.58. The van der Waals surface area contributed by atoms with Crippen LogP contribution in [0, 0.1) is 6.92 Å². The summed E-state index contributed by atoms with van der Waals surface area (Å²) in [5.41, 5.74) is 9.11. The van der Waals surface area contributed by atoms with E-state index in [1.165, 1.54) is 5.56 Å². The molecule has 2 aromatic rings. The van der Waals surface area contributed by atoms with E-state index in [0.29, 0.717) is 11.7 Å². The summed E-state index contributed by atoms with van der Waals surface area (Å²) in [6.07, 6.45) is 0. The Labute approximate surface area is 121 Å². The lowest BCUT2D eigenvalue weighted by Gasteiger charge is -2.25. The van der Waals surface area contributed by atoms with Gasteiger partial charge in [-0.1, -0.05) is 44.2 Å². The molecule has 1 heterocycles. The number of nitrogens with zero attached hydrogens (tertiary/aromatic N) is 2. The van der Waals surface area contributed by atoms with Gasteiger partial charge in [0, 0.05) is 16.7 Å². The van der Waals surface area contributed by atoms with Gasteiger partial charge in [0.2, 0.25) is 0 Å². The van der Waals surface area contributed by atoms with E-state index in [1.807, 2.05) is 25.1 Å². The first kappa shape index (κ1) is 14.5. The van der Waals surface area contributed by atoms with E-state index >= 15 is 0 Å². The third-order valence-electron chi connectivity index (χ3n) is 3.80. The molecule has 0 radical (unpaired) electrons. The molecule has 0 amide bonds. The van der Waals surface area contributed by atoms with E-state index in [9.17, 15) is 0 Å². The molecule has 1 aromatic heterocycles. The second kappa shape index (κ2) is 5.23. The zero-order valence-electron chi connectivity index (χ0n) is 12.9. The largest absolute Gasteiger partial charge is 0.383 e. The van der Waals surface area contributed by atoms with E-state index < -0.39 is 0 Å². The van der Waals surface area contributed by atoms with E-state index in [4.69, 9.17) is 10.7 Å². The van der Waals surface area contributed by atoms with Crippen molar-refractivity contribution < 1.29 is 0 Å². The third-order valence-corrected chi connectivity index (χ3v) is 3.80. The Morgan fingerprint density at radius 3 is 2.15 bits per heavy atom. The van der Waals surface area contributed by atoms with Crippen LogP contribution in [-0.4, -0.2) is 9.97 Å². The number of benzene rings is 1. The molecule has 0 aliphatic rings. The number of rotatable bonds is 3. The fourth-order valence-electron chi connectivity index (χ4n) is 2.58. The van der Waals surface area contributed by atoms with Crippen molar-refractivity contribution >= 4 is 5.82 Å². The standard InChI is InChI=1S/C17H23N3/c1-11(2)14-12(3)19-16(20-15(14)18)17(4,5)13-9-7-6-8-10-13/h6-11H,1-5H3,(H2,18,19,20). The van der Waals surface area contributed by atoms with Crippen molar-refractivity contribution in [1.29, 1.82) is 0 Å². The van der Waals surface area contributed by atoms with Crippen LogP contribution in [0.2, 0.25) is 0 Å². The maximum Gasteiger partial charge on any atom is 0.140 e. The fraction of sp³-hybridized carbons (Fsp3) is 0.412. The van der Waals surface area contributed by atoms with Crippen LogP contribution in [0.25, 0.3) is 0 Å². The van der Waals surface area contributed by atoms with Gasteiger partial charge in [-0.05, 0) is 32.3 Å². The number of anilines is 1. The van der Waals surface area contributed by atoms with Gasteiger partial charge in [-0.2, -0.15) is 0 Å². The van der Waals surface area contributed by atoms with Crippen molar-refractivity contribution in [3.63, 3.8) is 0 Å². The van der Waals surface area contributed by atoms with E-state index in [0.717, 1.165) is 17.1 Å². The quantitative estimate of drug-likeness (QED) is 0.921. The van der Waals surface area contributed by atoms with E-state index in [1.54, 1.807) is 0 Å². The van der Waals surface area contributed by atoms with Crippen molar-refractivity contribution in [1.82, 2.24) is 9.97 Å². The smallest absolute Gasteiger partial charge is 0.140 e. The minimum atomic E-state index is -0.254. The van der Waals surface area contributed by atoms with Gasteiger partial charge in [0.05, 0.1) is 0 Å². The molecule has 3 nitrogen and oxygen atoms in total. The Bertz CT molecular complexity index is 578. The van der Waals surface area contributed by atoms with Gasteiger partial charge in [0.1, 0.15) is 11.6 Å². The average Bonchev–Trinajstić information content (AvgIpc) is 2.38. The van der Waals surface area contributed by atoms with Crippen molar-refractivity contribution in [3.8, 4) is 0 Å². The van der Waals surface area contributed by atoms with E-state index in [-0.39, 0.29) is 5.41 Å². The summed E-state index contributed by atoms with van der Waals surface area (Å²) in [4.78, 5) is 9.28. The predicted octanol–water partition coefficient (Wildman–Crippen LogP) is 3.82. The molecule has 0 fully saturated rings. The molecular weight excluding hydrogens is 246 g/mol. The third kappa shape index (κ3) is 2.53. The first-order valence-electron chi connectivity index (χ1n) is 7.04. The maximum atomic E-state index is 6.15. The lowest BCUT2D eigenvalue weighted by Crippen LogP contribution is -2.24. The molecule has 1 aromatic carbocycles. The highest BCUT2D eigenvalue weighted by molar-refractivity contribution is 5.46. The Kier molecular flexibility index (Phi) is 3.80. The van der Waals surface area contributed by atoms with Gasteiger partial charge < -0.3 is 5.73 Å². The van der Waals surface area contributed by atoms with Crippen LogP contribution in [0.4, 0.5) is 5.82 Å². The first-order valence-corrected chi connectivity index (χ1v) is 7.04. The summed E-state index contributed by atoms with van der Waals surface area (Å²) in [7, 11) is 0. The molecule has 0 atom stereocenters. The van der Waals surface area contributed by atoms with E-state index in [2.05, 4.69) is 44.8 Å². The van der Waals surface area contributed by atoms with Gasteiger partial charge in [0.15, 0.2) is 0 Å². The minimum Gasteiger partial charge on any atom is -0.383 e. The molecule has 0 spiro atoms. The number of hydrogen-bond donors (Lipinski definition) is 1. The number of aromatic nitrogens is 2. The molecule has 0 saturated carbocycles. The summed E-state index contributed by atoms with van der Waals surface area (Å²) < 4.78 is 0. The van der Waals surface area contributed by atoms with Crippen LogP contribution in [0.5, 0.6) is 0 Å². The summed E-state index contributed by atoms with van der Waals surface area (Å²) >= 11 is 0. The molecule has 2 rings (SSSR count). The number of aryl methyl sites for hydroxylation is 1. The molecule has 0 aliphatic carbocycles. The number of nitrogens with two attached hydrogens (primary N) is 1. The second-order valence-corrected chi connectivity index (χ2v) is 6.08. The van der Waals surface area contributed by atoms with Crippen LogP contribution in [0.3, 0.4) is 0 Å². The monoisotopic (exact) mass is 269 g/mol. The molecule has 20 heavy (non-hydrogen) atoms. The molecule has 0 bridgehead atoms. The van der Waals surface area contributed by atoms with Crippen LogP contribution in [0.1, 0.15) is 56.3 Å². The van der Waals surface area contributed by atoms with Crippen molar-refractivity contribution in [2.75, 3.05) is 5.73 Å². The Morgan fingerprint density at radius 1 is 1.05 bits per heavy atom. The van der Waals surface area contributed by atoms with Crippen LogP contribution >= 0.6 is 0 Å². The topological polar surface area (TPSA) is 51.8 Å². The summed E-state index contributed by atoms with van der Waals surface area (Å²) in [5, 5.41) is 0. The lowest BCUT2D eigenvalue weighted by atomic mass is 9.83. The number of nitrogen functional groups attached to an aromatic ring is 1. The predicted molar refractivity (Wildman–Crippen MR) is 83.8 cm³/mol. The average molecular weight is 269 g/mol. The summed E-state index contributed by atoms with van der Waals surface area (Å²) in [6.45, 7) is 10.5. The lowest BCUT2D eigenvalue weighted by molar-refractivity contribution is 0.585. The Hall–Kier alpha value is -1.90. The van der Waals surface area contributed by atoms with Gasteiger partial charge >= 0.3 is 0 Å². The Morgan fingerprint density at radius 2 is 1.65 bits per heavy atom. The zero-order valence-corrected chi connectivity index (χ0v) is 12.9. The number of hydrogen-bond acceptors (Lipinski definition) is 3. The summed E-state index contributed by atoms with van der Waals surface area (Å²) in [6, 6.07) is 10.3. The van der Waals surface area contributed by atoms with Crippen LogP contribution < -0.4 is 5.73 Å². The van der Waals surface area contributed by atoms with Crippen molar-refractivity contribution in [2.24, 2.45) is 0 Å². The molecule has 0 aliphatic heterocycles. The molecule has 2 N–H and O–H groups in total. The minimum absolute atomic E-state index is 0.254. The van der Waals surface area contributed by atoms with Crippen molar-refractivity contribution in [3.05, 3.63) is 53.0 Å². The summed E-state index contributed by atoms with van der Waals surface area (Å²) in [5.74, 6) is 1.72. The highest BCUT2D eigenvalue weighted by Gasteiger charge is 2.28.